The fraction of sp³-hybridized carbons (Fsp3) is 0.429. The van der Waals surface area contributed by atoms with Gasteiger partial charge < -0.3 is 10.6 Å². The van der Waals surface area contributed by atoms with E-state index in [1.165, 1.54) is 6.42 Å². The number of halogens is 2. The van der Waals surface area contributed by atoms with E-state index in [2.05, 4.69) is 10.6 Å². The monoisotopic (exact) mass is 330 g/mol. The van der Waals surface area contributed by atoms with Crippen molar-refractivity contribution in [3.05, 3.63) is 28.2 Å². The normalized spacial score (nSPS) is 15.7. The van der Waals surface area contributed by atoms with Gasteiger partial charge in [0.2, 0.25) is 5.91 Å². The third-order valence-corrected chi connectivity index (χ3v) is 4.14. The summed E-state index contributed by atoms with van der Waals surface area (Å²) >= 11 is 17.0. The van der Waals surface area contributed by atoms with Crippen LogP contribution in [0.4, 0.5) is 5.69 Å². The zero-order chi connectivity index (χ0) is 14.5. The van der Waals surface area contributed by atoms with E-state index in [1.807, 2.05) is 0 Å². The molecule has 3 nitrogen and oxygen atoms in total. The molecule has 0 aromatic heterocycles. The van der Waals surface area contributed by atoms with Crippen LogP contribution in [-0.4, -0.2) is 11.0 Å². The molecule has 0 bridgehead atoms. The SMILES string of the molecule is O=C(NC(=S)Nc1ccc(Cl)cc1Cl)C1CCCCC1. The zero-order valence-electron chi connectivity index (χ0n) is 10.9. The highest BCUT2D eigenvalue weighted by molar-refractivity contribution is 7.80. The second kappa shape index (κ2) is 7.25. The zero-order valence-corrected chi connectivity index (χ0v) is 13.2. The van der Waals surface area contributed by atoms with Crippen molar-refractivity contribution in [3.63, 3.8) is 0 Å². The van der Waals surface area contributed by atoms with Crippen molar-refractivity contribution in [2.45, 2.75) is 32.1 Å². The molecule has 108 valence electrons. The van der Waals surface area contributed by atoms with Gasteiger partial charge in [0.05, 0.1) is 10.7 Å². The van der Waals surface area contributed by atoms with Crippen LogP contribution in [0.5, 0.6) is 0 Å². The molecule has 1 aromatic carbocycles. The standard InChI is InChI=1S/C14H16Cl2N2OS/c15-10-6-7-12(11(16)8-10)17-14(20)18-13(19)9-4-2-1-3-5-9/h6-9H,1-5H2,(H2,17,18,19,20). The maximum Gasteiger partial charge on any atom is 0.229 e. The third kappa shape index (κ3) is 4.33. The molecule has 20 heavy (non-hydrogen) atoms. The highest BCUT2D eigenvalue weighted by atomic mass is 35.5. The molecule has 1 saturated carbocycles. The minimum absolute atomic E-state index is 0.00714. The Labute approximate surface area is 134 Å². The van der Waals surface area contributed by atoms with Crippen LogP contribution in [0.3, 0.4) is 0 Å². The van der Waals surface area contributed by atoms with Crippen molar-refractivity contribution in [1.82, 2.24) is 5.32 Å². The molecular formula is C14H16Cl2N2OS. The predicted molar refractivity (Wildman–Crippen MR) is 87.4 cm³/mol. The van der Waals surface area contributed by atoms with E-state index >= 15 is 0 Å². The molecular weight excluding hydrogens is 315 g/mol. The van der Waals surface area contributed by atoms with Crippen molar-refractivity contribution in [2.75, 3.05) is 5.32 Å². The van der Waals surface area contributed by atoms with Crippen molar-refractivity contribution in [1.29, 1.82) is 0 Å². The fourth-order valence-corrected chi connectivity index (χ4v) is 2.99. The van der Waals surface area contributed by atoms with Crippen LogP contribution >= 0.6 is 35.4 Å². The average molecular weight is 331 g/mol. The van der Waals surface area contributed by atoms with E-state index in [9.17, 15) is 4.79 Å². The molecule has 1 amide bonds. The number of nitrogens with one attached hydrogen (secondary N) is 2. The Balaban J connectivity index is 1.90. The summed E-state index contributed by atoms with van der Waals surface area (Å²) in [5, 5.41) is 6.93. The van der Waals surface area contributed by atoms with Crippen LogP contribution in [0, 0.1) is 5.92 Å². The van der Waals surface area contributed by atoms with Crippen molar-refractivity contribution >= 4 is 52.1 Å². The minimum Gasteiger partial charge on any atom is -0.331 e. The molecule has 6 heteroatoms. The number of hydrogen-bond donors (Lipinski definition) is 2. The molecule has 0 heterocycles. The van der Waals surface area contributed by atoms with Crippen LogP contribution in [0.25, 0.3) is 0 Å². The molecule has 1 fully saturated rings. The lowest BCUT2D eigenvalue weighted by molar-refractivity contribution is -0.124. The first kappa shape index (κ1) is 15.5. The molecule has 1 aromatic rings. The summed E-state index contributed by atoms with van der Waals surface area (Å²) in [6, 6.07) is 5.06. The largest absolute Gasteiger partial charge is 0.331 e. The Hall–Kier alpha value is -0.840. The molecule has 0 atom stereocenters. The molecule has 0 aliphatic heterocycles. The number of anilines is 1. The van der Waals surface area contributed by atoms with Gasteiger partial charge in [-0.15, -0.1) is 0 Å². The predicted octanol–water partition coefficient (Wildman–Crippen LogP) is 4.39. The van der Waals surface area contributed by atoms with E-state index < -0.39 is 0 Å². The first-order chi connectivity index (χ1) is 9.56. The van der Waals surface area contributed by atoms with E-state index in [1.54, 1.807) is 18.2 Å². The van der Waals surface area contributed by atoms with E-state index in [0.717, 1.165) is 25.7 Å². The van der Waals surface area contributed by atoms with Crippen molar-refractivity contribution in [3.8, 4) is 0 Å². The van der Waals surface area contributed by atoms with Gasteiger partial charge in [-0.3, -0.25) is 4.79 Å². The van der Waals surface area contributed by atoms with Crippen LogP contribution in [-0.2, 0) is 4.79 Å². The number of benzene rings is 1. The summed E-state index contributed by atoms with van der Waals surface area (Å²) in [6.45, 7) is 0. The Morgan fingerprint density at radius 2 is 1.90 bits per heavy atom. The summed E-state index contributed by atoms with van der Waals surface area (Å²) in [5.41, 5.74) is 0.630. The summed E-state index contributed by atoms with van der Waals surface area (Å²) in [5.74, 6) is 0.0662. The van der Waals surface area contributed by atoms with Gasteiger partial charge in [0, 0.05) is 10.9 Å². The second-order valence-corrected chi connectivity index (χ2v) is 6.15. The molecule has 0 spiro atoms. The lowest BCUT2D eigenvalue weighted by Gasteiger charge is -2.21. The maximum absolute atomic E-state index is 12.0. The summed E-state index contributed by atoms with van der Waals surface area (Å²) < 4.78 is 0. The van der Waals surface area contributed by atoms with E-state index in [4.69, 9.17) is 35.4 Å². The number of hydrogen-bond acceptors (Lipinski definition) is 2. The van der Waals surface area contributed by atoms with Crippen LogP contribution in [0.1, 0.15) is 32.1 Å². The summed E-state index contributed by atoms with van der Waals surface area (Å²) in [6.07, 6.45) is 5.32. The highest BCUT2D eigenvalue weighted by Gasteiger charge is 2.21. The lowest BCUT2D eigenvalue weighted by Crippen LogP contribution is -2.39. The Morgan fingerprint density at radius 3 is 2.55 bits per heavy atom. The first-order valence-corrected chi connectivity index (χ1v) is 7.79. The van der Waals surface area contributed by atoms with Gasteiger partial charge in [-0.2, -0.15) is 0 Å². The maximum atomic E-state index is 12.0. The van der Waals surface area contributed by atoms with Gasteiger partial charge >= 0.3 is 0 Å². The molecule has 0 unspecified atom stereocenters. The number of carbonyl (C=O) groups is 1. The van der Waals surface area contributed by atoms with E-state index in [0.29, 0.717) is 15.7 Å². The highest BCUT2D eigenvalue weighted by Crippen LogP contribution is 2.26. The summed E-state index contributed by atoms with van der Waals surface area (Å²) in [4.78, 5) is 12.0. The Morgan fingerprint density at radius 1 is 1.20 bits per heavy atom. The van der Waals surface area contributed by atoms with Gasteiger partial charge in [0.15, 0.2) is 5.11 Å². The second-order valence-electron chi connectivity index (χ2n) is 4.90. The summed E-state index contributed by atoms with van der Waals surface area (Å²) in [7, 11) is 0. The number of thiocarbonyl (C=S) groups is 1. The molecule has 1 aliphatic rings. The van der Waals surface area contributed by atoms with Gasteiger partial charge in [-0.05, 0) is 43.3 Å². The molecule has 1 aliphatic carbocycles. The van der Waals surface area contributed by atoms with Crippen LogP contribution in [0.2, 0.25) is 10.0 Å². The quantitative estimate of drug-likeness (QED) is 0.790. The van der Waals surface area contributed by atoms with Crippen molar-refractivity contribution in [2.24, 2.45) is 5.92 Å². The minimum atomic E-state index is -0.00714. The van der Waals surface area contributed by atoms with Gasteiger partial charge in [0.25, 0.3) is 0 Å². The molecule has 2 N–H and O–H groups in total. The first-order valence-electron chi connectivity index (χ1n) is 6.63. The fourth-order valence-electron chi connectivity index (χ4n) is 2.32. The van der Waals surface area contributed by atoms with E-state index in [-0.39, 0.29) is 16.9 Å². The molecule has 2 rings (SSSR count). The average Bonchev–Trinajstić information content (AvgIpc) is 2.43. The Bertz CT molecular complexity index is 516. The number of carbonyl (C=O) groups excluding carboxylic acids is 1. The number of rotatable bonds is 2. The van der Waals surface area contributed by atoms with Gasteiger partial charge in [-0.25, -0.2) is 0 Å². The lowest BCUT2D eigenvalue weighted by atomic mass is 9.89. The Kier molecular flexibility index (Phi) is 5.64. The van der Waals surface area contributed by atoms with Crippen LogP contribution in [0.15, 0.2) is 18.2 Å². The topological polar surface area (TPSA) is 41.1 Å². The molecule has 0 saturated heterocycles. The van der Waals surface area contributed by atoms with Crippen molar-refractivity contribution < 1.29 is 4.79 Å². The van der Waals surface area contributed by atoms with Crippen LogP contribution < -0.4 is 10.6 Å². The molecule has 0 radical (unpaired) electrons. The van der Waals surface area contributed by atoms with Gasteiger partial charge in [-0.1, -0.05) is 42.5 Å². The smallest absolute Gasteiger partial charge is 0.229 e. The third-order valence-electron chi connectivity index (χ3n) is 3.39. The van der Waals surface area contributed by atoms with Gasteiger partial charge in [0.1, 0.15) is 0 Å². The number of amides is 1.